The fourth-order valence-electron chi connectivity index (χ4n) is 2.43. The summed E-state index contributed by atoms with van der Waals surface area (Å²) in [6, 6.07) is 13.8. The minimum atomic E-state index is -3.73. The number of carbonyl (C=O) groups is 1. The highest BCUT2D eigenvalue weighted by molar-refractivity contribution is 7.89. The fraction of sp³-hybridized carbons (Fsp3) is 0.278. The first-order valence-corrected chi connectivity index (χ1v) is 9.83. The highest BCUT2D eigenvalue weighted by Crippen LogP contribution is 2.26. The first-order chi connectivity index (χ1) is 11.9. The van der Waals surface area contributed by atoms with Gasteiger partial charge >= 0.3 is 0 Å². The Morgan fingerprint density at radius 3 is 2.32 bits per heavy atom. The Morgan fingerprint density at radius 2 is 1.72 bits per heavy atom. The third-order valence-electron chi connectivity index (χ3n) is 3.81. The number of amides is 1. The zero-order valence-corrected chi connectivity index (χ0v) is 15.8. The predicted molar refractivity (Wildman–Crippen MR) is 99.2 cm³/mol. The van der Waals surface area contributed by atoms with Crippen molar-refractivity contribution in [2.75, 3.05) is 13.1 Å². The number of sulfonamides is 1. The van der Waals surface area contributed by atoms with Gasteiger partial charge in [-0.05, 0) is 23.8 Å². The van der Waals surface area contributed by atoms with E-state index < -0.39 is 10.0 Å². The van der Waals surface area contributed by atoms with E-state index in [0.29, 0.717) is 19.6 Å². The highest BCUT2D eigenvalue weighted by Gasteiger charge is 2.25. The number of carbonyl (C=O) groups excluding carboxylic acids is 1. The van der Waals surface area contributed by atoms with Crippen molar-refractivity contribution in [2.45, 2.75) is 25.3 Å². The molecule has 25 heavy (non-hydrogen) atoms. The molecule has 2 aromatic rings. The van der Waals surface area contributed by atoms with Crippen LogP contribution in [-0.2, 0) is 16.6 Å². The molecule has 1 amide bonds. The molecule has 0 atom stereocenters. The van der Waals surface area contributed by atoms with E-state index in [4.69, 9.17) is 11.6 Å². The van der Waals surface area contributed by atoms with Crippen LogP contribution in [0.5, 0.6) is 0 Å². The van der Waals surface area contributed by atoms with E-state index >= 15 is 0 Å². The van der Waals surface area contributed by atoms with Crippen LogP contribution in [0.3, 0.4) is 0 Å². The molecule has 2 rings (SSSR count). The van der Waals surface area contributed by atoms with Gasteiger partial charge in [0, 0.05) is 25.2 Å². The van der Waals surface area contributed by atoms with E-state index in [1.54, 1.807) is 13.8 Å². The Kier molecular flexibility index (Phi) is 6.58. The molecular formula is C18H21ClN2O3S. The van der Waals surface area contributed by atoms with Gasteiger partial charge in [-0.1, -0.05) is 55.8 Å². The standard InChI is InChI=1S/C18H21ClN2O3S/c1-3-21(4-2)25(23,24)17-12-15(10-11-16(17)19)18(22)20-13-14-8-6-5-7-9-14/h5-12H,3-4,13H2,1-2H3,(H,20,22). The number of nitrogens with one attached hydrogen (secondary N) is 1. The van der Waals surface area contributed by atoms with Crippen LogP contribution in [0.2, 0.25) is 5.02 Å². The average Bonchev–Trinajstić information content (AvgIpc) is 2.61. The summed E-state index contributed by atoms with van der Waals surface area (Å²) in [7, 11) is -3.73. The van der Waals surface area contributed by atoms with Crippen LogP contribution >= 0.6 is 11.6 Å². The molecule has 0 fully saturated rings. The average molecular weight is 381 g/mol. The first-order valence-electron chi connectivity index (χ1n) is 8.02. The summed E-state index contributed by atoms with van der Waals surface area (Å²) < 4.78 is 26.7. The molecule has 0 aliphatic rings. The van der Waals surface area contributed by atoms with Crippen molar-refractivity contribution >= 4 is 27.5 Å². The van der Waals surface area contributed by atoms with Gasteiger partial charge in [-0.25, -0.2) is 8.42 Å². The second-order valence-corrected chi connectivity index (χ2v) is 7.72. The monoisotopic (exact) mass is 380 g/mol. The van der Waals surface area contributed by atoms with Gasteiger partial charge < -0.3 is 5.32 Å². The molecule has 0 spiro atoms. The Balaban J connectivity index is 2.24. The molecule has 0 aliphatic heterocycles. The SMILES string of the molecule is CCN(CC)S(=O)(=O)c1cc(C(=O)NCc2ccccc2)ccc1Cl. The van der Waals surface area contributed by atoms with Crippen LogP contribution in [0.15, 0.2) is 53.4 Å². The number of hydrogen-bond acceptors (Lipinski definition) is 3. The Labute approximate surface area is 153 Å². The number of halogens is 1. The zero-order chi connectivity index (χ0) is 18.4. The zero-order valence-electron chi connectivity index (χ0n) is 14.2. The molecule has 134 valence electrons. The van der Waals surface area contributed by atoms with E-state index in [0.717, 1.165) is 5.56 Å². The topological polar surface area (TPSA) is 66.5 Å². The summed E-state index contributed by atoms with van der Waals surface area (Å²) >= 11 is 6.08. The second-order valence-electron chi connectivity index (χ2n) is 5.40. The van der Waals surface area contributed by atoms with Crippen molar-refractivity contribution < 1.29 is 13.2 Å². The maximum atomic E-state index is 12.7. The van der Waals surface area contributed by atoms with Crippen molar-refractivity contribution in [3.8, 4) is 0 Å². The molecule has 1 N–H and O–H groups in total. The van der Waals surface area contributed by atoms with Gasteiger partial charge in [0.2, 0.25) is 10.0 Å². The maximum absolute atomic E-state index is 12.7. The van der Waals surface area contributed by atoms with Gasteiger partial charge in [-0.2, -0.15) is 4.31 Å². The smallest absolute Gasteiger partial charge is 0.251 e. The molecule has 0 heterocycles. The first kappa shape index (κ1) is 19.4. The quantitative estimate of drug-likeness (QED) is 0.801. The largest absolute Gasteiger partial charge is 0.348 e. The number of rotatable bonds is 7. The van der Waals surface area contributed by atoms with E-state index in [9.17, 15) is 13.2 Å². The van der Waals surface area contributed by atoms with E-state index in [-0.39, 0.29) is 21.4 Å². The summed E-state index contributed by atoms with van der Waals surface area (Å²) in [5.74, 6) is -0.350. The molecule has 7 heteroatoms. The number of benzene rings is 2. The predicted octanol–water partition coefficient (Wildman–Crippen LogP) is 3.30. The van der Waals surface area contributed by atoms with Crippen molar-refractivity contribution in [3.63, 3.8) is 0 Å². The van der Waals surface area contributed by atoms with Crippen LogP contribution in [0.4, 0.5) is 0 Å². The molecular weight excluding hydrogens is 360 g/mol. The molecule has 0 saturated carbocycles. The van der Waals surface area contributed by atoms with Gasteiger partial charge in [0.05, 0.1) is 5.02 Å². The lowest BCUT2D eigenvalue weighted by Crippen LogP contribution is -2.31. The lowest BCUT2D eigenvalue weighted by molar-refractivity contribution is 0.0950. The minimum Gasteiger partial charge on any atom is -0.348 e. The molecule has 0 aliphatic carbocycles. The van der Waals surface area contributed by atoms with Crippen molar-refractivity contribution in [2.24, 2.45) is 0 Å². The third-order valence-corrected chi connectivity index (χ3v) is 6.34. The Bertz CT molecular complexity index is 835. The Hall–Kier alpha value is -1.89. The van der Waals surface area contributed by atoms with Crippen LogP contribution in [-0.4, -0.2) is 31.7 Å². The van der Waals surface area contributed by atoms with Gasteiger partial charge in [-0.15, -0.1) is 0 Å². The second kappa shape index (κ2) is 8.47. The molecule has 0 unspecified atom stereocenters. The van der Waals surface area contributed by atoms with Crippen molar-refractivity contribution in [3.05, 3.63) is 64.7 Å². The van der Waals surface area contributed by atoms with Crippen molar-refractivity contribution in [1.29, 1.82) is 0 Å². The molecule has 0 radical (unpaired) electrons. The van der Waals surface area contributed by atoms with E-state index in [1.165, 1.54) is 22.5 Å². The molecule has 0 saturated heterocycles. The summed E-state index contributed by atoms with van der Waals surface area (Å²) in [5, 5.41) is 2.88. The van der Waals surface area contributed by atoms with Crippen LogP contribution < -0.4 is 5.32 Å². The van der Waals surface area contributed by atoms with E-state index in [1.807, 2.05) is 30.3 Å². The van der Waals surface area contributed by atoms with Crippen LogP contribution in [0, 0.1) is 0 Å². The van der Waals surface area contributed by atoms with Gasteiger partial charge in [0.25, 0.3) is 5.91 Å². The normalized spacial score (nSPS) is 11.5. The highest BCUT2D eigenvalue weighted by atomic mass is 35.5. The number of hydrogen-bond donors (Lipinski definition) is 1. The minimum absolute atomic E-state index is 0.0507. The molecule has 5 nitrogen and oxygen atoms in total. The summed E-state index contributed by atoms with van der Waals surface area (Å²) in [4.78, 5) is 12.3. The summed E-state index contributed by atoms with van der Waals surface area (Å²) in [6.07, 6.45) is 0. The molecule has 0 aromatic heterocycles. The summed E-state index contributed by atoms with van der Waals surface area (Å²) in [5.41, 5.74) is 1.21. The van der Waals surface area contributed by atoms with Crippen LogP contribution in [0.25, 0.3) is 0 Å². The van der Waals surface area contributed by atoms with Gasteiger partial charge in [-0.3, -0.25) is 4.79 Å². The van der Waals surface area contributed by atoms with Gasteiger partial charge in [0.1, 0.15) is 4.90 Å². The van der Waals surface area contributed by atoms with Gasteiger partial charge in [0.15, 0.2) is 0 Å². The maximum Gasteiger partial charge on any atom is 0.251 e. The van der Waals surface area contributed by atoms with E-state index in [2.05, 4.69) is 5.32 Å². The van der Waals surface area contributed by atoms with Crippen LogP contribution in [0.1, 0.15) is 29.8 Å². The number of nitrogens with zero attached hydrogens (tertiary/aromatic N) is 1. The fourth-order valence-corrected chi connectivity index (χ4v) is 4.38. The Morgan fingerprint density at radius 1 is 1.08 bits per heavy atom. The molecule has 0 bridgehead atoms. The third kappa shape index (κ3) is 4.60. The lowest BCUT2D eigenvalue weighted by Gasteiger charge is -2.19. The lowest BCUT2D eigenvalue weighted by atomic mass is 10.2. The summed E-state index contributed by atoms with van der Waals surface area (Å²) in [6.45, 7) is 4.54. The molecule has 2 aromatic carbocycles. The van der Waals surface area contributed by atoms with Crippen molar-refractivity contribution in [1.82, 2.24) is 9.62 Å².